The van der Waals surface area contributed by atoms with Crippen molar-refractivity contribution >= 4 is 10.1 Å². The van der Waals surface area contributed by atoms with Gasteiger partial charge in [0.15, 0.2) is 0 Å². The van der Waals surface area contributed by atoms with Gasteiger partial charge in [0.1, 0.15) is 5.75 Å². The summed E-state index contributed by atoms with van der Waals surface area (Å²) in [6, 6.07) is 17.2. The lowest BCUT2D eigenvalue weighted by atomic mass is 10.1. The molecule has 0 spiro atoms. The van der Waals surface area contributed by atoms with Crippen molar-refractivity contribution < 1.29 is 12.6 Å². The molecule has 0 N–H and O–H groups in total. The van der Waals surface area contributed by atoms with Gasteiger partial charge >= 0.3 is 10.1 Å². The Labute approximate surface area is 107 Å². The molecule has 2 aromatic rings. The van der Waals surface area contributed by atoms with E-state index in [0.717, 1.165) is 18.2 Å². The molecule has 18 heavy (non-hydrogen) atoms. The van der Waals surface area contributed by atoms with Crippen LogP contribution in [0, 0.1) is 0 Å². The lowest BCUT2D eigenvalue weighted by molar-refractivity contribution is 0.493. The van der Waals surface area contributed by atoms with Gasteiger partial charge in [0.05, 0.1) is 6.26 Å². The molecule has 2 aromatic carbocycles. The van der Waals surface area contributed by atoms with Crippen molar-refractivity contribution in [2.45, 2.75) is 6.42 Å². The lowest BCUT2D eigenvalue weighted by Gasteiger charge is -2.05. The van der Waals surface area contributed by atoms with Gasteiger partial charge in [-0.05, 0) is 29.7 Å². The van der Waals surface area contributed by atoms with Gasteiger partial charge in [-0.3, -0.25) is 0 Å². The molecule has 0 fully saturated rings. The van der Waals surface area contributed by atoms with Crippen molar-refractivity contribution in [3.8, 4) is 5.75 Å². The quantitative estimate of drug-likeness (QED) is 0.795. The summed E-state index contributed by atoms with van der Waals surface area (Å²) < 4.78 is 26.7. The van der Waals surface area contributed by atoms with E-state index in [1.807, 2.05) is 30.3 Å². The van der Waals surface area contributed by atoms with Crippen molar-refractivity contribution in [2.24, 2.45) is 0 Å². The standard InChI is InChI=1S/C14H14O3S/c1-18(15,16)17-14-9-7-13(8-10-14)11-12-5-3-2-4-6-12/h2-10H,11H2,1H3. The fourth-order valence-corrected chi connectivity index (χ4v) is 2.13. The van der Waals surface area contributed by atoms with E-state index < -0.39 is 10.1 Å². The zero-order chi connectivity index (χ0) is 13.0. The molecule has 0 bridgehead atoms. The van der Waals surface area contributed by atoms with Crippen LogP contribution in [0.3, 0.4) is 0 Å². The molecule has 2 rings (SSSR count). The van der Waals surface area contributed by atoms with Crippen LogP contribution in [-0.4, -0.2) is 14.7 Å². The van der Waals surface area contributed by atoms with E-state index in [-0.39, 0.29) is 0 Å². The van der Waals surface area contributed by atoms with Crippen LogP contribution < -0.4 is 4.18 Å². The SMILES string of the molecule is CS(=O)(=O)Oc1ccc(Cc2ccccc2)cc1. The highest BCUT2D eigenvalue weighted by Gasteiger charge is 2.04. The monoisotopic (exact) mass is 262 g/mol. The van der Waals surface area contributed by atoms with Crippen LogP contribution in [0.15, 0.2) is 54.6 Å². The van der Waals surface area contributed by atoms with E-state index in [9.17, 15) is 8.42 Å². The van der Waals surface area contributed by atoms with Gasteiger partial charge < -0.3 is 4.18 Å². The van der Waals surface area contributed by atoms with Gasteiger partial charge in [-0.25, -0.2) is 0 Å². The normalized spacial score (nSPS) is 11.2. The first-order chi connectivity index (χ1) is 8.53. The van der Waals surface area contributed by atoms with Crippen LogP contribution in [0.5, 0.6) is 5.75 Å². The number of benzene rings is 2. The summed E-state index contributed by atoms with van der Waals surface area (Å²) >= 11 is 0. The molecule has 0 saturated carbocycles. The molecule has 0 aromatic heterocycles. The third-order valence-electron chi connectivity index (χ3n) is 2.42. The number of hydrogen-bond acceptors (Lipinski definition) is 3. The largest absolute Gasteiger partial charge is 0.383 e. The van der Waals surface area contributed by atoms with Crippen LogP contribution in [0.2, 0.25) is 0 Å². The molecule has 0 atom stereocenters. The third kappa shape index (κ3) is 3.89. The molecule has 0 aliphatic heterocycles. The molecule has 0 radical (unpaired) electrons. The van der Waals surface area contributed by atoms with Crippen LogP contribution in [0.1, 0.15) is 11.1 Å². The first-order valence-electron chi connectivity index (χ1n) is 5.55. The zero-order valence-corrected chi connectivity index (χ0v) is 10.9. The molecular weight excluding hydrogens is 248 g/mol. The lowest BCUT2D eigenvalue weighted by Crippen LogP contribution is -2.05. The van der Waals surface area contributed by atoms with E-state index in [1.165, 1.54) is 5.56 Å². The van der Waals surface area contributed by atoms with Gasteiger partial charge in [-0.2, -0.15) is 8.42 Å². The molecule has 0 amide bonds. The average Bonchev–Trinajstić information content (AvgIpc) is 2.31. The van der Waals surface area contributed by atoms with Crippen molar-refractivity contribution in [1.29, 1.82) is 0 Å². The van der Waals surface area contributed by atoms with Crippen molar-refractivity contribution in [3.63, 3.8) is 0 Å². The second-order valence-electron chi connectivity index (χ2n) is 4.09. The third-order valence-corrected chi connectivity index (χ3v) is 2.92. The maximum Gasteiger partial charge on any atom is 0.306 e. The van der Waals surface area contributed by atoms with Crippen LogP contribution in [0.4, 0.5) is 0 Å². The molecule has 0 heterocycles. The minimum atomic E-state index is -3.45. The molecule has 94 valence electrons. The Balaban J connectivity index is 2.09. The first kappa shape index (κ1) is 12.6. The van der Waals surface area contributed by atoms with E-state index in [4.69, 9.17) is 4.18 Å². The second kappa shape index (κ2) is 5.23. The minimum absolute atomic E-state index is 0.342. The summed E-state index contributed by atoms with van der Waals surface area (Å²) in [6.07, 6.45) is 1.85. The molecule has 0 saturated heterocycles. The van der Waals surface area contributed by atoms with E-state index in [1.54, 1.807) is 12.1 Å². The molecule has 4 heteroatoms. The Morgan fingerprint density at radius 2 is 1.44 bits per heavy atom. The predicted octanol–water partition coefficient (Wildman–Crippen LogP) is 2.62. The Bertz CT molecular complexity index is 601. The van der Waals surface area contributed by atoms with Crippen molar-refractivity contribution in [3.05, 3.63) is 65.7 Å². The number of rotatable bonds is 4. The van der Waals surface area contributed by atoms with Gasteiger partial charge in [-0.15, -0.1) is 0 Å². The summed E-state index contributed by atoms with van der Waals surface area (Å²) in [7, 11) is -3.45. The maximum atomic E-state index is 11.0. The van der Waals surface area contributed by atoms with Crippen LogP contribution in [-0.2, 0) is 16.5 Å². The number of hydrogen-bond donors (Lipinski definition) is 0. The highest BCUT2D eigenvalue weighted by atomic mass is 32.2. The summed E-state index contributed by atoms with van der Waals surface area (Å²) in [4.78, 5) is 0. The van der Waals surface area contributed by atoms with Gasteiger partial charge in [-0.1, -0.05) is 42.5 Å². The van der Waals surface area contributed by atoms with E-state index >= 15 is 0 Å². The molecule has 3 nitrogen and oxygen atoms in total. The zero-order valence-electron chi connectivity index (χ0n) is 10.0. The average molecular weight is 262 g/mol. The Kier molecular flexibility index (Phi) is 3.67. The van der Waals surface area contributed by atoms with Crippen LogP contribution >= 0.6 is 0 Å². The van der Waals surface area contributed by atoms with Gasteiger partial charge in [0.2, 0.25) is 0 Å². The fraction of sp³-hybridized carbons (Fsp3) is 0.143. The smallest absolute Gasteiger partial charge is 0.306 e. The predicted molar refractivity (Wildman–Crippen MR) is 71.2 cm³/mol. The van der Waals surface area contributed by atoms with E-state index in [0.29, 0.717) is 5.75 Å². The fourth-order valence-electron chi connectivity index (χ4n) is 1.67. The highest BCUT2D eigenvalue weighted by Crippen LogP contribution is 2.16. The topological polar surface area (TPSA) is 43.4 Å². The minimum Gasteiger partial charge on any atom is -0.383 e. The van der Waals surface area contributed by atoms with Gasteiger partial charge in [0.25, 0.3) is 0 Å². The Hall–Kier alpha value is -1.81. The van der Waals surface area contributed by atoms with Crippen molar-refractivity contribution in [2.75, 3.05) is 6.26 Å². The first-order valence-corrected chi connectivity index (χ1v) is 7.37. The highest BCUT2D eigenvalue weighted by molar-refractivity contribution is 7.86. The molecule has 0 aliphatic rings. The summed E-state index contributed by atoms with van der Waals surface area (Å²) in [6.45, 7) is 0. The summed E-state index contributed by atoms with van der Waals surface area (Å²) in [5.74, 6) is 0.342. The Morgan fingerprint density at radius 3 is 2.00 bits per heavy atom. The van der Waals surface area contributed by atoms with E-state index in [2.05, 4.69) is 12.1 Å². The van der Waals surface area contributed by atoms with Gasteiger partial charge in [0, 0.05) is 0 Å². The summed E-state index contributed by atoms with van der Waals surface area (Å²) in [5, 5.41) is 0. The Morgan fingerprint density at radius 1 is 0.889 bits per heavy atom. The summed E-state index contributed by atoms with van der Waals surface area (Å²) in [5.41, 5.74) is 2.33. The molecule has 0 unspecified atom stereocenters. The van der Waals surface area contributed by atoms with Crippen LogP contribution in [0.25, 0.3) is 0 Å². The van der Waals surface area contributed by atoms with Crippen molar-refractivity contribution in [1.82, 2.24) is 0 Å². The second-order valence-corrected chi connectivity index (χ2v) is 5.67. The molecular formula is C14H14O3S. The molecule has 0 aliphatic carbocycles. The maximum absolute atomic E-state index is 11.0.